The van der Waals surface area contributed by atoms with E-state index in [4.69, 9.17) is 0 Å². The lowest BCUT2D eigenvalue weighted by Gasteiger charge is -2.23. The molecule has 0 fully saturated rings. The van der Waals surface area contributed by atoms with Gasteiger partial charge in [-0.2, -0.15) is 8.78 Å². The van der Waals surface area contributed by atoms with Gasteiger partial charge in [0.05, 0.1) is 6.04 Å². The SMILES string of the molecule is CC(NC(=O)C(=O)Nc1ccccc1C(C)(C)C)C(=O)N[C@@H](CC=O)C(=O)COc1c(F)c(F)cc(F)c1F. The smallest absolute Gasteiger partial charge is 0.313 e. The Hall–Kier alpha value is -4.29. The van der Waals surface area contributed by atoms with Gasteiger partial charge in [0.25, 0.3) is 0 Å². The first-order valence-electron chi connectivity index (χ1n) is 11.6. The van der Waals surface area contributed by atoms with Gasteiger partial charge in [0.1, 0.15) is 18.9 Å². The van der Waals surface area contributed by atoms with Crippen LogP contribution in [-0.2, 0) is 29.4 Å². The van der Waals surface area contributed by atoms with Gasteiger partial charge in [-0.3, -0.25) is 19.2 Å². The summed E-state index contributed by atoms with van der Waals surface area (Å²) in [4.78, 5) is 60.7. The molecule has 0 aromatic heterocycles. The molecule has 210 valence electrons. The lowest BCUT2D eigenvalue weighted by Crippen LogP contribution is -2.52. The van der Waals surface area contributed by atoms with Gasteiger partial charge < -0.3 is 25.5 Å². The molecule has 0 aliphatic rings. The van der Waals surface area contributed by atoms with Crippen LogP contribution in [0.4, 0.5) is 23.2 Å². The standard InChI is InChI=1S/C26H27F4N3O6/c1-13(31-24(37)25(38)32-17-8-6-5-7-14(17)26(2,3)4)23(36)33-18(9-10-34)19(35)12-39-22-20(29)15(27)11-16(28)21(22)30/h5-8,10-11,13,18H,9,12H2,1-4H3,(H,31,37)(H,32,38)(H,33,36)/t13?,18-/m0/s1. The van der Waals surface area contributed by atoms with E-state index in [1.165, 1.54) is 6.92 Å². The molecule has 0 aliphatic heterocycles. The number of hydrogen-bond acceptors (Lipinski definition) is 6. The number of ketones is 1. The first kappa shape index (κ1) is 30.9. The number of nitrogens with one attached hydrogen (secondary N) is 3. The highest BCUT2D eigenvalue weighted by atomic mass is 19.2. The van der Waals surface area contributed by atoms with Crippen molar-refractivity contribution in [1.29, 1.82) is 0 Å². The number of Topliss-reactive ketones (excluding diaryl/α,β-unsaturated/α-hetero) is 1. The largest absolute Gasteiger partial charge is 0.479 e. The van der Waals surface area contributed by atoms with E-state index in [9.17, 15) is 41.5 Å². The van der Waals surface area contributed by atoms with Crippen LogP contribution in [0.25, 0.3) is 0 Å². The minimum absolute atomic E-state index is 0.0476. The first-order chi connectivity index (χ1) is 18.2. The Kier molecular flexibility index (Phi) is 10.3. The summed E-state index contributed by atoms with van der Waals surface area (Å²) in [5.41, 5.74) is 0.803. The molecule has 3 amide bonds. The molecule has 0 aliphatic carbocycles. The topological polar surface area (TPSA) is 131 Å². The summed E-state index contributed by atoms with van der Waals surface area (Å²) in [5.74, 6) is -13.1. The molecule has 2 rings (SSSR count). The number of anilines is 1. The Morgan fingerprint density at radius 2 is 1.54 bits per heavy atom. The lowest BCUT2D eigenvalue weighted by molar-refractivity contribution is -0.138. The molecule has 2 aromatic carbocycles. The van der Waals surface area contributed by atoms with Gasteiger partial charge in [0, 0.05) is 18.2 Å². The zero-order chi connectivity index (χ0) is 29.5. The normalized spacial score (nSPS) is 12.6. The van der Waals surface area contributed by atoms with E-state index in [1.54, 1.807) is 24.3 Å². The average Bonchev–Trinajstić information content (AvgIpc) is 2.86. The number of amides is 3. The number of rotatable bonds is 10. The van der Waals surface area contributed by atoms with Crippen LogP contribution >= 0.6 is 0 Å². The van der Waals surface area contributed by atoms with Crippen LogP contribution in [0.15, 0.2) is 30.3 Å². The van der Waals surface area contributed by atoms with Crippen LogP contribution in [0.3, 0.4) is 0 Å². The maximum absolute atomic E-state index is 13.7. The molecule has 13 heteroatoms. The highest BCUT2D eigenvalue weighted by Gasteiger charge is 2.28. The number of benzene rings is 2. The van der Waals surface area contributed by atoms with Crippen LogP contribution in [0.1, 0.15) is 39.7 Å². The van der Waals surface area contributed by atoms with Gasteiger partial charge in [0.2, 0.25) is 17.5 Å². The third kappa shape index (κ3) is 8.09. The summed E-state index contributed by atoms with van der Waals surface area (Å²) >= 11 is 0. The second kappa shape index (κ2) is 13.0. The fourth-order valence-corrected chi connectivity index (χ4v) is 3.34. The summed E-state index contributed by atoms with van der Waals surface area (Å²) in [6.07, 6.45) is -0.337. The zero-order valence-electron chi connectivity index (χ0n) is 21.5. The predicted octanol–water partition coefficient (Wildman–Crippen LogP) is 2.71. The van der Waals surface area contributed by atoms with E-state index < -0.39 is 77.6 Å². The second-order valence-electron chi connectivity index (χ2n) is 9.46. The van der Waals surface area contributed by atoms with Gasteiger partial charge in [-0.15, -0.1) is 0 Å². The van der Waals surface area contributed by atoms with Gasteiger partial charge in [0.15, 0.2) is 23.2 Å². The summed E-state index contributed by atoms with van der Waals surface area (Å²) < 4.78 is 58.7. The number of hydrogen-bond donors (Lipinski definition) is 3. The minimum atomic E-state index is -1.88. The Morgan fingerprint density at radius 3 is 2.10 bits per heavy atom. The molecule has 0 saturated heterocycles. The van der Waals surface area contributed by atoms with Gasteiger partial charge >= 0.3 is 11.8 Å². The van der Waals surface area contributed by atoms with Crippen LogP contribution in [0.2, 0.25) is 0 Å². The molecule has 0 bridgehead atoms. The van der Waals surface area contributed by atoms with Gasteiger partial charge in [-0.25, -0.2) is 8.78 Å². The van der Waals surface area contributed by atoms with Crippen molar-refractivity contribution in [2.45, 2.75) is 51.6 Å². The summed E-state index contributed by atoms with van der Waals surface area (Å²) in [6, 6.07) is 3.84. The maximum Gasteiger partial charge on any atom is 0.313 e. The molecular formula is C26H27F4N3O6. The molecule has 2 aromatic rings. The van der Waals surface area contributed by atoms with Gasteiger partial charge in [-0.1, -0.05) is 39.0 Å². The Bertz CT molecular complexity index is 1250. The van der Waals surface area contributed by atoms with E-state index >= 15 is 0 Å². The number of aldehydes is 1. The van der Waals surface area contributed by atoms with E-state index in [-0.39, 0.29) is 17.8 Å². The highest BCUT2D eigenvalue weighted by molar-refractivity contribution is 6.40. The molecular weight excluding hydrogens is 526 g/mol. The molecule has 9 nitrogen and oxygen atoms in total. The summed E-state index contributed by atoms with van der Waals surface area (Å²) in [5, 5.41) is 6.78. The molecule has 2 atom stereocenters. The summed E-state index contributed by atoms with van der Waals surface area (Å²) in [6.45, 7) is 5.77. The van der Waals surface area contributed by atoms with E-state index in [2.05, 4.69) is 20.7 Å². The third-order valence-corrected chi connectivity index (χ3v) is 5.40. The first-order valence-corrected chi connectivity index (χ1v) is 11.6. The van der Waals surface area contributed by atoms with Crippen molar-refractivity contribution in [3.8, 4) is 5.75 Å². The molecule has 1 unspecified atom stereocenters. The molecule has 0 spiro atoms. The fraction of sp³-hybridized carbons (Fsp3) is 0.346. The van der Waals surface area contributed by atoms with Crippen molar-refractivity contribution >= 4 is 35.5 Å². The van der Waals surface area contributed by atoms with Crippen molar-refractivity contribution in [2.24, 2.45) is 0 Å². The fourth-order valence-electron chi connectivity index (χ4n) is 3.34. The predicted molar refractivity (Wildman–Crippen MR) is 131 cm³/mol. The molecule has 39 heavy (non-hydrogen) atoms. The van der Waals surface area contributed by atoms with Crippen molar-refractivity contribution < 1.29 is 46.3 Å². The van der Waals surface area contributed by atoms with E-state index in [1.807, 2.05) is 20.8 Å². The Labute approximate surface area is 221 Å². The molecule has 0 heterocycles. The minimum Gasteiger partial charge on any atom is -0.479 e. The van der Waals surface area contributed by atoms with Crippen LogP contribution in [0.5, 0.6) is 5.75 Å². The zero-order valence-corrected chi connectivity index (χ0v) is 21.5. The summed E-state index contributed by atoms with van der Waals surface area (Å²) in [7, 11) is 0. The maximum atomic E-state index is 13.7. The van der Waals surface area contributed by atoms with Gasteiger partial charge in [-0.05, 0) is 24.0 Å². The molecule has 0 saturated carbocycles. The Morgan fingerprint density at radius 1 is 0.949 bits per heavy atom. The van der Waals surface area contributed by atoms with Crippen molar-refractivity contribution in [1.82, 2.24) is 10.6 Å². The van der Waals surface area contributed by atoms with Crippen molar-refractivity contribution in [3.05, 3.63) is 59.2 Å². The second-order valence-corrected chi connectivity index (χ2v) is 9.46. The van der Waals surface area contributed by atoms with E-state index in [0.717, 1.165) is 5.56 Å². The number of carbonyl (C=O) groups excluding carboxylic acids is 5. The van der Waals surface area contributed by atoms with Crippen LogP contribution in [-0.4, -0.2) is 48.5 Å². The molecule has 0 radical (unpaired) electrons. The Balaban J connectivity index is 2.02. The number of carbonyl (C=O) groups is 5. The molecule has 3 N–H and O–H groups in total. The highest BCUT2D eigenvalue weighted by Crippen LogP contribution is 2.29. The average molecular weight is 554 g/mol. The van der Waals surface area contributed by atoms with E-state index in [0.29, 0.717) is 5.69 Å². The van der Waals surface area contributed by atoms with Crippen LogP contribution < -0.4 is 20.7 Å². The van der Waals surface area contributed by atoms with Crippen molar-refractivity contribution in [3.63, 3.8) is 0 Å². The van der Waals surface area contributed by atoms with Crippen LogP contribution in [0, 0.1) is 23.3 Å². The number of para-hydroxylation sites is 1. The third-order valence-electron chi connectivity index (χ3n) is 5.40. The number of ether oxygens (including phenoxy) is 1. The van der Waals surface area contributed by atoms with Crippen molar-refractivity contribution in [2.75, 3.05) is 11.9 Å². The quantitative estimate of drug-likeness (QED) is 0.180. The lowest BCUT2D eigenvalue weighted by atomic mass is 9.86. The number of halogens is 4. The monoisotopic (exact) mass is 553 g/mol.